The first-order valence-electron chi connectivity index (χ1n) is 16.8. The van der Waals surface area contributed by atoms with Crippen LogP contribution in [0.2, 0.25) is 5.02 Å². The number of piperidine rings is 2. The molecule has 49 heavy (non-hydrogen) atoms. The average molecular weight is 726 g/mol. The molecule has 4 aliphatic rings. The predicted octanol–water partition coefficient (Wildman–Crippen LogP) is 5.19. The highest BCUT2D eigenvalue weighted by Crippen LogP contribution is 2.38. The second kappa shape index (κ2) is 14.9. The number of carbonyl (C=O) groups excluding carboxylic acids is 3. The van der Waals surface area contributed by atoms with Gasteiger partial charge < -0.3 is 30.1 Å². The first-order chi connectivity index (χ1) is 23.4. The lowest BCUT2D eigenvalue weighted by atomic mass is 9.99. The molecule has 0 saturated carbocycles. The van der Waals surface area contributed by atoms with Crippen molar-refractivity contribution in [2.75, 3.05) is 70.5 Å². The van der Waals surface area contributed by atoms with E-state index < -0.39 is 35.5 Å². The number of nitrogens with two attached hydrogens (primary N) is 1. The number of benzene rings is 1. The molecular formula is C33H43ClF3N7O4S. The van der Waals surface area contributed by atoms with Crippen molar-refractivity contribution >= 4 is 51.7 Å². The molecule has 5 heterocycles. The van der Waals surface area contributed by atoms with Crippen LogP contribution >= 0.6 is 22.9 Å². The minimum Gasteiger partial charge on any atom is -0.436 e. The van der Waals surface area contributed by atoms with Gasteiger partial charge in [0.15, 0.2) is 6.10 Å². The first kappa shape index (κ1) is 35.6. The number of halogens is 4. The summed E-state index contributed by atoms with van der Waals surface area (Å²) < 4.78 is 47.2. The summed E-state index contributed by atoms with van der Waals surface area (Å²) in [5.41, 5.74) is 5.09. The Kier molecular flexibility index (Phi) is 10.8. The molecule has 4 aliphatic heterocycles. The number of ether oxygens (including phenoxy) is 1. The number of anilines is 2. The molecule has 6 rings (SSSR count). The van der Waals surface area contributed by atoms with Gasteiger partial charge in [0.25, 0.3) is 5.91 Å². The largest absolute Gasteiger partial charge is 0.436 e. The molecule has 1 atom stereocenters. The van der Waals surface area contributed by atoms with Crippen LogP contribution in [0.15, 0.2) is 23.6 Å². The number of hydrogen-bond acceptors (Lipinski definition) is 8. The fourth-order valence-electron chi connectivity index (χ4n) is 7.35. The Bertz CT molecular complexity index is 1530. The molecule has 11 nitrogen and oxygen atoms in total. The van der Waals surface area contributed by atoms with Crippen LogP contribution < -0.4 is 11.1 Å². The van der Waals surface area contributed by atoms with Gasteiger partial charge in [-0.2, -0.15) is 13.2 Å². The molecule has 16 heteroatoms. The summed E-state index contributed by atoms with van der Waals surface area (Å²) in [6.07, 6.45) is -3.51. The summed E-state index contributed by atoms with van der Waals surface area (Å²) in [6, 6.07) is 4.21. The lowest BCUT2D eigenvalue weighted by Crippen LogP contribution is -2.53. The van der Waals surface area contributed by atoms with Crippen LogP contribution in [-0.4, -0.2) is 120 Å². The maximum atomic E-state index is 14.0. The quantitative estimate of drug-likeness (QED) is 0.394. The summed E-state index contributed by atoms with van der Waals surface area (Å²) >= 11 is 7.59. The van der Waals surface area contributed by atoms with Crippen molar-refractivity contribution in [3.05, 3.63) is 45.3 Å². The van der Waals surface area contributed by atoms with E-state index in [1.54, 1.807) is 9.80 Å². The number of nitrogens with zero attached hydrogens (tertiary/aromatic N) is 5. The normalized spacial score (nSPS) is 21.2. The molecule has 0 radical (unpaired) electrons. The van der Waals surface area contributed by atoms with Gasteiger partial charge in [-0.1, -0.05) is 11.6 Å². The second-order valence-electron chi connectivity index (χ2n) is 13.4. The van der Waals surface area contributed by atoms with E-state index in [0.29, 0.717) is 51.6 Å². The number of urea groups is 1. The molecular weight excluding hydrogens is 683 g/mol. The topological polar surface area (TPSA) is 115 Å². The van der Waals surface area contributed by atoms with E-state index in [1.807, 2.05) is 11.4 Å². The molecule has 2 aromatic rings. The van der Waals surface area contributed by atoms with Crippen LogP contribution in [0, 0.1) is 0 Å². The van der Waals surface area contributed by atoms with Crippen LogP contribution in [0.4, 0.5) is 33.4 Å². The van der Waals surface area contributed by atoms with Crippen LogP contribution in [0.1, 0.15) is 48.8 Å². The molecule has 4 amide bonds. The van der Waals surface area contributed by atoms with Gasteiger partial charge in [-0.15, -0.1) is 11.3 Å². The molecule has 0 bridgehead atoms. The number of carbonyl (C=O) groups is 3. The summed E-state index contributed by atoms with van der Waals surface area (Å²) in [5.74, 6) is -0.449. The van der Waals surface area contributed by atoms with E-state index in [2.05, 4.69) is 22.2 Å². The first-order valence-corrected chi connectivity index (χ1v) is 18.1. The zero-order chi connectivity index (χ0) is 34.9. The molecule has 268 valence electrons. The summed E-state index contributed by atoms with van der Waals surface area (Å²) in [5, 5.41) is 5.42. The number of alkyl halides is 3. The van der Waals surface area contributed by atoms with Gasteiger partial charge in [-0.05, 0) is 81.4 Å². The zero-order valence-electron chi connectivity index (χ0n) is 27.5. The van der Waals surface area contributed by atoms with Crippen LogP contribution in [0.5, 0.6) is 0 Å². The van der Waals surface area contributed by atoms with Gasteiger partial charge in [0.2, 0.25) is 0 Å². The van der Waals surface area contributed by atoms with Crippen LogP contribution in [-0.2, 0) is 28.7 Å². The standard InChI is InChI=1S/C33H43ClF3N7O4S/c1-40-8-2-9-41(15-14-40)23-3-10-42(11-4-23)30(45)27(19-21-17-25(33(35,36)37)28(38)26(34)18-21)48-32(47)43-12-5-24(6-13-43)44-20-22-7-16-49-29(22)39-31(44)46/h7,16-18,23-24,27H,2-6,8-15,19-20,38H2,1H3,(H,39,46)/t27-/m1/s1. The lowest BCUT2D eigenvalue weighted by molar-refractivity contribution is -0.142. The fourth-order valence-corrected chi connectivity index (χ4v) is 8.39. The number of likely N-dealkylation sites (N-methyl/N-ethyl adjacent to an activating group) is 1. The van der Waals surface area contributed by atoms with E-state index in [1.165, 1.54) is 22.3 Å². The van der Waals surface area contributed by atoms with Gasteiger partial charge in [-0.3, -0.25) is 15.0 Å². The minimum atomic E-state index is -4.76. The highest BCUT2D eigenvalue weighted by molar-refractivity contribution is 7.14. The molecule has 3 fully saturated rings. The average Bonchev–Trinajstić information content (AvgIpc) is 3.42. The fraction of sp³-hybridized carbons (Fsp3) is 0.606. The van der Waals surface area contributed by atoms with Crippen molar-refractivity contribution in [3.63, 3.8) is 0 Å². The summed E-state index contributed by atoms with van der Waals surface area (Å²) in [7, 11) is 2.12. The number of nitrogens with one attached hydrogen (secondary N) is 1. The number of hydrogen-bond donors (Lipinski definition) is 2. The monoisotopic (exact) mass is 725 g/mol. The number of rotatable bonds is 6. The zero-order valence-corrected chi connectivity index (χ0v) is 29.1. The van der Waals surface area contributed by atoms with Crippen molar-refractivity contribution in [3.8, 4) is 0 Å². The molecule has 1 aromatic carbocycles. The van der Waals surface area contributed by atoms with Crippen molar-refractivity contribution in [1.29, 1.82) is 0 Å². The SMILES string of the molecule is CN1CCCN(C2CCN(C(=O)[C@@H](Cc3cc(Cl)c(N)c(C(F)(F)F)c3)OC(=O)N3CCC(N4Cc5ccsc5NC4=O)CC3)CC2)CC1. The van der Waals surface area contributed by atoms with E-state index in [9.17, 15) is 27.6 Å². The third-order valence-electron chi connectivity index (χ3n) is 10.2. The van der Waals surface area contributed by atoms with Crippen molar-refractivity contribution in [1.82, 2.24) is 24.5 Å². The Morgan fingerprint density at radius 2 is 1.71 bits per heavy atom. The Balaban J connectivity index is 1.13. The number of likely N-dealkylation sites (tertiary alicyclic amines) is 2. The van der Waals surface area contributed by atoms with Gasteiger partial charge in [-0.25, -0.2) is 9.59 Å². The van der Waals surface area contributed by atoms with Crippen LogP contribution in [0.3, 0.4) is 0 Å². The van der Waals surface area contributed by atoms with Gasteiger partial charge in [0.1, 0.15) is 5.00 Å². The predicted molar refractivity (Wildman–Crippen MR) is 182 cm³/mol. The Morgan fingerprint density at radius 3 is 2.43 bits per heavy atom. The van der Waals surface area contributed by atoms with E-state index in [0.717, 1.165) is 62.1 Å². The van der Waals surface area contributed by atoms with E-state index in [-0.39, 0.29) is 29.1 Å². The molecule has 1 aromatic heterocycles. The van der Waals surface area contributed by atoms with Gasteiger partial charge in [0.05, 0.1) is 22.8 Å². The Hall–Kier alpha value is -3.27. The van der Waals surface area contributed by atoms with Gasteiger partial charge >= 0.3 is 18.3 Å². The maximum Gasteiger partial charge on any atom is 0.418 e. The number of thiophene rings is 1. The third kappa shape index (κ3) is 8.21. The molecule has 3 N–H and O–H groups in total. The second-order valence-corrected chi connectivity index (χ2v) is 14.7. The highest BCUT2D eigenvalue weighted by Gasteiger charge is 2.38. The van der Waals surface area contributed by atoms with E-state index >= 15 is 0 Å². The van der Waals surface area contributed by atoms with Crippen LogP contribution in [0.25, 0.3) is 0 Å². The molecule has 0 unspecified atom stereocenters. The Labute approximate surface area is 293 Å². The smallest absolute Gasteiger partial charge is 0.418 e. The Morgan fingerprint density at radius 1 is 1.02 bits per heavy atom. The molecule has 0 spiro atoms. The summed E-state index contributed by atoms with van der Waals surface area (Å²) in [4.78, 5) is 50.0. The highest BCUT2D eigenvalue weighted by atomic mass is 35.5. The van der Waals surface area contributed by atoms with Crippen molar-refractivity contribution in [2.24, 2.45) is 0 Å². The number of amides is 4. The van der Waals surface area contributed by atoms with Crippen molar-refractivity contribution < 1.29 is 32.3 Å². The minimum absolute atomic E-state index is 0.0851. The van der Waals surface area contributed by atoms with E-state index in [4.69, 9.17) is 22.1 Å². The van der Waals surface area contributed by atoms with Crippen molar-refractivity contribution in [2.45, 2.75) is 69.4 Å². The molecule has 0 aliphatic carbocycles. The lowest BCUT2D eigenvalue weighted by Gasteiger charge is -2.40. The maximum absolute atomic E-state index is 14.0. The number of fused-ring (bicyclic) bond motifs is 1. The number of nitrogen functional groups attached to an aromatic ring is 1. The summed E-state index contributed by atoms with van der Waals surface area (Å²) in [6.45, 7) is 5.99. The molecule has 3 saturated heterocycles. The van der Waals surface area contributed by atoms with Gasteiger partial charge in [0, 0.05) is 63.3 Å². The third-order valence-corrected chi connectivity index (χ3v) is 11.4.